The fraction of sp³-hybridized carbons (Fsp3) is 0.312. The molecule has 128 valence electrons. The Morgan fingerprint density at radius 3 is 2.42 bits per heavy atom. The minimum atomic E-state index is -4.40. The van der Waals surface area contributed by atoms with Crippen LogP contribution in [0.25, 0.3) is 0 Å². The number of ether oxygens (including phenoxy) is 1. The average Bonchev–Trinajstić information content (AvgIpc) is 2.53. The van der Waals surface area contributed by atoms with Crippen molar-refractivity contribution >= 4 is 17.4 Å². The molecule has 0 N–H and O–H groups in total. The molecule has 0 saturated carbocycles. The lowest BCUT2D eigenvalue weighted by molar-refractivity contribution is -0.153. The second-order valence-corrected chi connectivity index (χ2v) is 4.94. The molecule has 0 radical (unpaired) electrons. The van der Waals surface area contributed by atoms with E-state index >= 15 is 0 Å². The fourth-order valence-electron chi connectivity index (χ4n) is 2.02. The van der Waals surface area contributed by atoms with Crippen molar-refractivity contribution in [3.05, 3.63) is 42.4 Å². The van der Waals surface area contributed by atoms with E-state index in [4.69, 9.17) is 0 Å². The number of nitrogens with zero attached hydrogens (tertiary/aromatic N) is 3. The molecule has 0 spiro atoms. The quantitative estimate of drug-likeness (QED) is 0.834. The molecule has 0 saturated heterocycles. The molecule has 0 aliphatic carbocycles. The van der Waals surface area contributed by atoms with Gasteiger partial charge in [-0.05, 0) is 30.3 Å². The van der Waals surface area contributed by atoms with E-state index in [1.54, 1.807) is 12.3 Å². The number of hydrogen-bond donors (Lipinski definition) is 0. The van der Waals surface area contributed by atoms with Gasteiger partial charge in [-0.15, -0.1) is 0 Å². The van der Waals surface area contributed by atoms with E-state index in [2.05, 4.69) is 14.7 Å². The van der Waals surface area contributed by atoms with Crippen LogP contribution in [0.3, 0.4) is 0 Å². The summed E-state index contributed by atoms with van der Waals surface area (Å²) in [4.78, 5) is 21.7. The number of amides is 1. The van der Waals surface area contributed by atoms with Crippen molar-refractivity contribution in [3.8, 4) is 5.75 Å². The van der Waals surface area contributed by atoms with Crippen molar-refractivity contribution in [1.82, 2.24) is 9.97 Å². The molecule has 2 aromatic rings. The van der Waals surface area contributed by atoms with E-state index in [9.17, 15) is 18.0 Å². The number of rotatable bonds is 5. The maximum Gasteiger partial charge on any atom is 0.422 e. The molecule has 1 amide bonds. The normalized spacial score (nSPS) is 11.2. The number of anilines is 2. The molecule has 1 aromatic carbocycles. The van der Waals surface area contributed by atoms with E-state index in [-0.39, 0.29) is 11.7 Å². The van der Waals surface area contributed by atoms with Crippen LogP contribution < -0.4 is 9.64 Å². The summed E-state index contributed by atoms with van der Waals surface area (Å²) >= 11 is 0. The van der Waals surface area contributed by atoms with Gasteiger partial charge in [-0.3, -0.25) is 9.69 Å². The second-order valence-electron chi connectivity index (χ2n) is 4.94. The Balaban J connectivity index is 2.24. The van der Waals surface area contributed by atoms with Gasteiger partial charge in [0.05, 0.1) is 5.69 Å². The van der Waals surface area contributed by atoms with Crippen LogP contribution in [0, 0.1) is 0 Å². The first-order chi connectivity index (χ1) is 11.3. The number of carbonyl (C=O) groups is 1. The molecule has 0 fully saturated rings. The zero-order valence-corrected chi connectivity index (χ0v) is 13.2. The first kappa shape index (κ1) is 17.7. The van der Waals surface area contributed by atoms with Crippen molar-refractivity contribution in [2.75, 3.05) is 11.5 Å². The molecule has 8 heteroatoms. The zero-order chi connectivity index (χ0) is 17.7. The van der Waals surface area contributed by atoms with E-state index in [0.717, 1.165) is 0 Å². The zero-order valence-electron chi connectivity index (χ0n) is 13.2. The van der Waals surface area contributed by atoms with Crippen molar-refractivity contribution in [1.29, 1.82) is 0 Å². The maximum absolute atomic E-state index is 12.2. The van der Waals surface area contributed by atoms with Gasteiger partial charge in [-0.2, -0.15) is 13.2 Å². The lowest BCUT2D eigenvalue weighted by atomic mass is 10.2. The van der Waals surface area contributed by atoms with Gasteiger partial charge < -0.3 is 4.74 Å². The van der Waals surface area contributed by atoms with Gasteiger partial charge in [0.1, 0.15) is 17.4 Å². The monoisotopic (exact) mass is 339 g/mol. The van der Waals surface area contributed by atoms with Gasteiger partial charge >= 0.3 is 6.18 Å². The summed E-state index contributed by atoms with van der Waals surface area (Å²) in [5, 5.41) is 0. The number of aromatic nitrogens is 2. The predicted octanol–water partition coefficient (Wildman–Crippen LogP) is 3.66. The predicted molar refractivity (Wildman–Crippen MR) is 82.2 cm³/mol. The van der Waals surface area contributed by atoms with Crippen LogP contribution in [-0.4, -0.2) is 28.7 Å². The Hall–Kier alpha value is -2.64. The number of hydrogen-bond acceptors (Lipinski definition) is 4. The lowest BCUT2D eigenvalue weighted by Gasteiger charge is -2.20. The first-order valence-electron chi connectivity index (χ1n) is 7.22. The van der Waals surface area contributed by atoms with Crippen LogP contribution in [-0.2, 0) is 11.2 Å². The molecular weight excluding hydrogens is 323 g/mol. The minimum absolute atomic E-state index is 0.0662. The number of carbonyl (C=O) groups excluding carboxylic acids is 1. The van der Waals surface area contributed by atoms with E-state index in [1.165, 1.54) is 36.1 Å². The summed E-state index contributed by atoms with van der Waals surface area (Å²) in [6.45, 7) is 1.90. The summed E-state index contributed by atoms with van der Waals surface area (Å²) < 4.78 is 41.1. The van der Waals surface area contributed by atoms with Gasteiger partial charge in [0.2, 0.25) is 5.91 Å². The Kier molecular flexibility index (Phi) is 5.38. The van der Waals surface area contributed by atoms with E-state index in [1.807, 2.05) is 6.92 Å². The lowest BCUT2D eigenvalue weighted by Crippen LogP contribution is -2.24. The molecule has 0 bridgehead atoms. The molecule has 2 rings (SSSR count). The van der Waals surface area contributed by atoms with Gasteiger partial charge in [0.15, 0.2) is 6.61 Å². The maximum atomic E-state index is 12.2. The molecule has 5 nitrogen and oxygen atoms in total. The smallest absolute Gasteiger partial charge is 0.422 e. The van der Waals surface area contributed by atoms with Gasteiger partial charge in [-0.1, -0.05) is 6.92 Å². The first-order valence-corrected chi connectivity index (χ1v) is 7.22. The highest BCUT2D eigenvalue weighted by molar-refractivity contribution is 5.98. The third-order valence-electron chi connectivity index (χ3n) is 3.05. The van der Waals surface area contributed by atoms with E-state index in [0.29, 0.717) is 23.8 Å². The Bertz CT molecular complexity index is 702. The summed E-state index contributed by atoms with van der Waals surface area (Å²) in [6.07, 6.45) is -2.23. The molecule has 0 unspecified atom stereocenters. The highest BCUT2D eigenvalue weighted by atomic mass is 19.4. The van der Waals surface area contributed by atoms with Crippen LogP contribution >= 0.6 is 0 Å². The summed E-state index contributed by atoms with van der Waals surface area (Å²) in [6, 6.07) is 7.34. The Morgan fingerprint density at radius 1 is 1.21 bits per heavy atom. The fourth-order valence-corrected chi connectivity index (χ4v) is 2.02. The number of benzene rings is 1. The van der Waals surface area contributed by atoms with Crippen LogP contribution in [0.5, 0.6) is 5.75 Å². The van der Waals surface area contributed by atoms with Crippen LogP contribution in [0.15, 0.2) is 36.5 Å². The number of halogens is 3. The van der Waals surface area contributed by atoms with Gasteiger partial charge in [0.25, 0.3) is 0 Å². The standard InChI is InChI=1S/C16H16F3N3O2/c1-3-14-20-9-8-15(21-14)22(11(2)23)12-4-6-13(7-5-12)24-10-16(17,18)19/h4-9H,3,10H2,1-2H3. The number of alkyl halides is 3. The van der Waals surface area contributed by atoms with Crippen molar-refractivity contribution in [2.24, 2.45) is 0 Å². The average molecular weight is 339 g/mol. The highest BCUT2D eigenvalue weighted by Crippen LogP contribution is 2.27. The summed E-state index contributed by atoms with van der Waals surface area (Å²) in [7, 11) is 0. The molecule has 0 aliphatic heterocycles. The minimum Gasteiger partial charge on any atom is -0.484 e. The molecular formula is C16H16F3N3O2. The van der Waals surface area contributed by atoms with Gasteiger partial charge in [0, 0.05) is 19.5 Å². The summed E-state index contributed by atoms with van der Waals surface area (Å²) in [5.41, 5.74) is 0.475. The molecule has 0 atom stereocenters. The van der Waals surface area contributed by atoms with Crippen molar-refractivity contribution in [3.63, 3.8) is 0 Å². The Labute approximate surface area is 137 Å². The molecule has 24 heavy (non-hydrogen) atoms. The van der Waals surface area contributed by atoms with Crippen molar-refractivity contribution < 1.29 is 22.7 Å². The number of aryl methyl sites for hydroxylation is 1. The third-order valence-corrected chi connectivity index (χ3v) is 3.05. The third kappa shape index (κ3) is 4.68. The Morgan fingerprint density at radius 2 is 1.88 bits per heavy atom. The van der Waals surface area contributed by atoms with E-state index < -0.39 is 12.8 Å². The highest BCUT2D eigenvalue weighted by Gasteiger charge is 2.28. The SMILES string of the molecule is CCc1nccc(N(C(C)=O)c2ccc(OCC(F)(F)F)cc2)n1. The van der Waals surface area contributed by atoms with Crippen LogP contribution in [0.1, 0.15) is 19.7 Å². The van der Waals surface area contributed by atoms with Crippen molar-refractivity contribution in [2.45, 2.75) is 26.4 Å². The van der Waals surface area contributed by atoms with Crippen LogP contribution in [0.2, 0.25) is 0 Å². The molecule has 1 heterocycles. The molecule has 1 aromatic heterocycles. The summed E-state index contributed by atoms with van der Waals surface area (Å²) in [5.74, 6) is 0.776. The van der Waals surface area contributed by atoms with Crippen LogP contribution in [0.4, 0.5) is 24.7 Å². The second kappa shape index (κ2) is 7.29. The molecule has 0 aliphatic rings. The van der Waals surface area contributed by atoms with Gasteiger partial charge in [-0.25, -0.2) is 9.97 Å². The largest absolute Gasteiger partial charge is 0.484 e. The topological polar surface area (TPSA) is 55.3 Å².